The zero-order valence-electron chi connectivity index (χ0n) is 12.0. The molecule has 3 rings (SSSR count). The van der Waals surface area contributed by atoms with E-state index in [2.05, 4.69) is 39.5 Å². The molecule has 0 spiro atoms. The fourth-order valence-corrected chi connectivity index (χ4v) is 2.84. The van der Waals surface area contributed by atoms with E-state index in [9.17, 15) is 4.79 Å². The van der Waals surface area contributed by atoms with Crippen LogP contribution in [0.15, 0.2) is 49.1 Å². The first-order valence-corrected chi connectivity index (χ1v) is 7.40. The zero-order chi connectivity index (χ0) is 14.5. The molecule has 110 valence electrons. The summed E-state index contributed by atoms with van der Waals surface area (Å²) in [6.45, 7) is 2.81. The lowest BCUT2D eigenvalue weighted by molar-refractivity contribution is 0.221. The van der Waals surface area contributed by atoms with E-state index in [1.165, 1.54) is 29.3 Å². The fraction of sp³-hybridized carbons (Fsp3) is 0.375. The predicted molar refractivity (Wildman–Crippen MR) is 81.0 cm³/mol. The summed E-state index contributed by atoms with van der Waals surface area (Å²) < 4.78 is 1.46. The molecule has 1 N–H and O–H groups in total. The Labute approximate surface area is 124 Å². The molecule has 21 heavy (non-hydrogen) atoms. The number of aromatic nitrogens is 2. The van der Waals surface area contributed by atoms with E-state index in [0.717, 1.165) is 13.1 Å². The average molecular weight is 284 g/mol. The molecule has 0 radical (unpaired) electrons. The van der Waals surface area contributed by atoms with Gasteiger partial charge in [0.15, 0.2) is 0 Å². The molecule has 2 aromatic rings. The van der Waals surface area contributed by atoms with Crippen LogP contribution in [0.1, 0.15) is 24.4 Å². The Hall–Kier alpha value is -2.14. The zero-order valence-corrected chi connectivity index (χ0v) is 12.0. The molecule has 0 aliphatic carbocycles. The predicted octanol–water partition coefficient (Wildman–Crippen LogP) is 2.28. The highest BCUT2D eigenvalue weighted by molar-refractivity contribution is 5.76. The number of rotatable bonds is 4. The van der Waals surface area contributed by atoms with Gasteiger partial charge in [0, 0.05) is 18.9 Å². The van der Waals surface area contributed by atoms with Crippen LogP contribution in [0.3, 0.4) is 0 Å². The average Bonchev–Trinajstić information content (AvgIpc) is 3.22. The highest BCUT2D eigenvalue weighted by Crippen LogP contribution is 2.24. The Kier molecular flexibility index (Phi) is 4.31. The quantitative estimate of drug-likeness (QED) is 0.937. The highest BCUT2D eigenvalue weighted by atomic mass is 16.2. The highest BCUT2D eigenvalue weighted by Gasteiger charge is 2.23. The molecule has 5 nitrogen and oxygen atoms in total. The third-order valence-electron chi connectivity index (χ3n) is 3.95. The Morgan fingerprint density at radius 1 is 1.24 bits per heavy atom. The first-order valence-electron chi connectivity index (χ1n) is 7.40. The molecule has 1 aliphatic rings. The van der Waals surface area contributed by atoms with Gasteiger partial charge in [-0.3, -0.25) is 9.47 Å². The summed E-state index contributed by atoms with van der Waals surface area (Å²) in [6, 6.07) is 10.5. The van der Waals surface area contributed by atoms with E-state index in [1.54, 1.807) is 12.4 Å². The standard InChI is InChI=1S/C16H20N4O/c21-16(20-11-8-17-13-20)18-12-15(19-9-4-5-10-19)14-6-2-1-3-7-14/h1-3,6-8,11,13,15H,4-5,9-10,12H2,(H,18,21). The van der Waals surface area contributed by atoms with E-state index in [-0.39, 0.29) is 12.1 Å². The van der Waals surface area contributed by atoms with Crippen molar-refractivity contribution < 1.29 is 4.79 Å². The molecule has 1 atom stereocenters. The summed E-state index contributed by atoms with van der Waals surface area (Å²) in [5.74, 6) is 0. The normalized spacial score (nSPS) is 16.8. The van der Waals surface area contributed by atoms with Gasteiger partial charge in [-0.05, 0) is 31.5 Å². The number of nitrogens with zero attached hydrogens (tertiary/aromatic N) is 3. The Balaban J connectivity index is 1.69. The first-order chi connectivity index (χ1) is 10.3. The molecule has 1 amide bonds. The molecule has 1 aliphatic heterocycles. The van der Waals surface area contributed by atoms with Crippen molar-refractivity contribution in [1.82, 2.24) is 19.8 Å². The van der Waals surface area contributed by atoms with Gasteiger partial charge in [0.25, 0.3) is 0 Å². The number of carbonyl (C=O) groups is 1. The van der Waals surface area contributed by atoms with Gasteiger partial charge in [0.1, 0.15) is 6.33 Å². The van der Waals surface area contributed by atoms with Gasteiger partial charge in [-0.25, -0.2) is 9.78 Å². The van der Waals surface area contributed by atoms with Crippen molar-refractivity contribution in [2.45, 2.75) is 18.9 Å². The van der Waals surface area contributed by atoms with Crippen molar-refractivity contribution in [3.05, 3.63) is 54.6 Å². The van der Waals surface area contributed by atoms with E-state index in [4.69, 9.17) is 0 Å². The number of imidazole rings is 1. The monoisotopic (exact) mass is 284 g/mol. The molecule has 5 heteroatoms. The van der Waals surface area contributed by atoms with Gasteiger partial charge in [-0.15, -0.1) is 0 Å². The number of hydrogen-bond donors (Lipinski definition) is 1. The number of carbonyl (C=O) groups excluding carboxylic acids is 1. The summed E-state index contributed by atoms with van der Waals surface area (Å²) >= 11 is 0. The van der Waals surface area contributed by atoms with Crippen LogP contribution in [0, 0.1) is 0 Å². The number of nitrogens with one attached hydrogen (secondary N) is 1. The lowest BCUT2D eigenvalue weighted by Crippen LogP contribution is -2.38. The van der Waals surface area contributed by atoms with Crippen LogP contribution in [-0.4, -0.2) is 40.1 Å². The summed E-state index contributed by atoms with van der Waals surface area (Å²) in [4.78, 5) is 18.4. The lowest BCUT2D eigenvalue weighted by atomic mass is 10.1. The van der Waals surface area contributed by atoms with Crippen LogP contribution in [0.5, 0.6) is 0 Å². The molecular formula is C16H20N4O. The molecule has 0 bridgehead atoms. The molecular weight excluding hydrogens is 264 g/mol. The SMILES string of the molecule is O=C(NCC(c1ccccc1)N1CCCC1)n1ccnc1. The molecule has 1 fully saturated rings. The number of hydrogen-bond acceptors (Lipinski definition) is 3. The molecule has 1 aromatic carbocycles. The van der Waals surface area contributed by atoms with Crippen molar-refractivity contribution in [3.63, 3.8) is 0 Å². The lowest BCUT2D eigenvalue weighted by Gasteiger charge is -2.28. The Morgan fingerprint density at radius 2 is 2.00 bits per heavy atom. The minimum atomic E-state index is -0.132. The topological polar surface area (TPSA) is 50.2 Å². The van der Waals surface area contributed by atoms with Crippen LogP contribution < -0.4 is 5.32 Å². The maximum Gasteiger partial charge on any atom is 0.326 e. The minimum absolute atomic E-state index is 0.132. The summed E-state index contributed by atoms with van der Waals surface area (Å²) in [6.07, 6.45) is 7.25. The number of amides is 1. The van der Waals surface area contributed by atoms with Crippen LogP contribution >= 0.6 is 0 Å². The van der Waals surface area contributed by atoms with Gasteiger partial charge >= 0.3 is 6.03 Å². The largest absolute Gasteiger partial charge is 0.335 e. The molecule has 2 heterocycles. The fourth-order valence-electron chi connectivity index (χ4n) is 2.84. The Bertz CT molecular complexity index is 561. The van der Waals surface area contributed by atoms with Gasteiger partial charge in [0.05, 0.1) is 6.04 Å². The van der Waals surface area contributed by atoms with Crippen molar-refractivity contribution in [1.29, 1.82) is 0 Å². The van der Waals surface area contributed by atoms with E-state index < -0.39 is 0 Å². The van der Waals surface area contributed by atoms with Crippen LogP contribution in [-0.2, 0) is 0 Å². The summed E-state index contributed by atoms with van der Waals surface area (Å²) in [7, 11) is 0. The smallest absolute Gasteiger partial charge is 0.326 e. The van der Waals surface area contributed by atoms with Crippen LogP contribution in [0.25, 0.3) is 0 Å². The van der Waals surface area contributed by atoms with E-state index >= 15 is 0 Å². The van der Waals surface area contributed by atoms with Crippen molar-refractivity contribution >= 4 is 6.03 Å². The van der Waals surface area contributed by atoms with Crippen LogP contribution in [0.2, 0.25) is 0 Å². The second kappa shape index (κ2) is 6.54. The van der Waals surface area contributed by atoms with Crippen molar-refractivity contribution in [3.8, 4) is 0 Å². The third-order valence-corrected chi connectivity index (χ3v) is 3.95. The molecule has 1 unspecified atom stereocenters. The van der Waals surface area contributed by atoms with Crippen molar-refractivity contribution in [2.75, 3.05) is 19.6 Å². The molecule has 0 saturated carbocycles. The molecule has 1 saturated heterocycles. The maximum absolute atomic E-state index is 12.0. The second-order valence-corrected chi connectivity index (χ2v) is 5.33. The maximum atomic E-state index is 12.0. The van der Waals surface area contributed by atoms with Crippen molar-refractivity contribution in [2.24, 2.45) is 0 Å². The van der Waals surface area contributed by atoms with Crippen LogP contribution in [0.4, 0.5) is 4.79 Å². The second-order valence-electron chi connectivity index (χ2n) is 5.33. The van der Waals surface area contributed by atoms with E-state index in [1.807, 2.05) is 6.07 Å². The molecule has 1 aromatic heterocycles. The van der Waals surface area contributed by atoms with Gasteiger partial charge < -0.3 is 5.32 Å². The number of likely N-dealkylation sites (tertiary alicyclic amines) is 1. The van der Waals surface area contributed by atoms with Gasteiger partial charge in [-0.1, -0.05) is 30.3 Å². The van der Waals surface area contributed by atoms with Gasteiger partial charge in [-0.2, -0.15) is 0 Å². The summed E-state index contributed by atoms with van der Waals surface area (Å²) in [5, 5.41) is 3.00. The number of benzene rings is 1. The van der Waals surface area contributed by atoms with E-state index in [0.29, 0.717) is 6.54 Å². The first kappa shape index (κ1) is 13.8. The summed E-state index contributed by atoms with van der Waals surface area (Å²) in [5.41, 5.74) is 1.25. The third kappa shape index (κ3) is 3.31. The van der Waals surface area contributed by atoms with Gasteiger partial charge in [0.2, 0.25) is 0 Å². The minimum Gasteiger partial charge on any atom is -0.335 e. The Morgan fingerprint density at radius 3 is 2.67 bits per heavy atom.